The van der Waals surface area contributed by atoms with Gasteiger partial charge in [0.1, 0.15) is 0 Å². The van der Waals surface area contributed by atoms with Gasteiger partial charge in [-0.25, -0.2) is 9.78 Å². The van der Waals surface area contributed by atoms with Gasteiger partial charge in [0.15, 0.2) is 0 Å². The number of benzene rings is 1. The van der Waals surface area contributed by atoms with E-state index in [1.54, 1.807) is 12.5 Å². The van der Waals surface area contributed by atoms with Gasteiger partial charge in [-0.15, -0.1) is 0 Å². The van der Waals surface area contributed by atoms with Crippen LogP contribution < -0.4 is 5.32 Å². The number of urea groups is 1. The fourth-order valence-corrected chi connectivity index (χ4v) is 3.38. The summed E-state index contributed by atoms with van der Waals surface area (Å²) < 4.78 is 1.96. The average Bonchev–Trinajstić information content (AvgIpc) is 3.10. The summed E-state index contributed by atoms with van der Waals surface area (Å²) in [4.78, 5) is 18.2. The molecule has 1 aromatic carbocycles. The molecule has 1 unspecified atom stereocenters. The maximum absolute atomic E-state index is 12.2. The van der Waals surface area contributed by atoms with Crippen LogP contribution >= 0.6 is 11.8 Å². The fourth-order valence-electron chi connectivity index (χ4n) is 2.47. The molecule has 3 rings (SSSR count). The van der Waals surface area contributed by atoms with Crippen LogP contribution in [0, 0.1) is 0 Å². The standard InChI is InChI=1S/C16H20N4OS/c1-13(18-16(21)19-8-10-22-11-9-19)14-2-4-15(5-3-14)20-7-6-17-12-20/h2-7,12-13H,8-11H2,1H3,(H,18,21). The Morgan fingerprint density at radius 1 is 1.27 bits per heavy atom. The summed E-state index contributed by atoms with van der Waals surface area (Å²) in [5.41, 5.74) is 2.16. The Labute approximate surface area is 134 Å². The summed E-state index contributed by atoms with van der Waals surface area (Å²) in [5.74, 6) is 2.06. The van der Waals surface area contributed by atoms with Gasteiger partial charge in [-0.3, -0.25) is 0 Å². The number of nitrogens with zero attached hydrogens (tertiary/aromatic N) is 3. The number of nitrogens with one attached hydrogen (secondary N) is 1. The summed E-state index contributed by atoms with van der Waals surface area (Å²) in [5, 5.41) is 3.08. The van der Waals surface area contributed by atoms with Crippen molar-refractivity contribution in [2.24, 2.45) is 0 Å². The first-order chi connectivity index (χ1) is 10.7. The van der Waals surface area contributed by atoms with Crippen LogP contribution in [0.3, 0.4) is 0 Å². The van der Waals surface area contributed by atoms with E-state index in [0.29, 0.717) is 0 Å². The summed E-state index contributed by atoms with van der Waals surface area (Å²) >= 11 is 1.90. The molecule has 116 valence electrons. The number of thioether (sulfide) groups is 1. The summed E-state index contributed by atoms with van der Waals surface area (Å²) in [6.07, 6.45) is 5.44. The zero-order valence-electron chi connectivity index (χ0n) is 12.6. The van der Waals surface area contributed by atoms with E-state index >= 15 is 0 Å². The highest BCUT2D eigenvalue weighted by molar-refractivity contribution is 7.99. The van der Waals surface area contributed by atoms with Gasteiger partial charge in [-0.05, 0) is 24.6 Å². The Morgan fingerprint density at radius 3 is 2.64 bits per heavy atom. The number of carbonyl (C=O) groups is 1. The Kier molecular flexibility index (Phi) is 4.68. The molecule has 2 amide bonds. The van der Waals surface area contributed by atoms with E-state index in [-0.39, 0.29) is 12.1 Å². The highest BCUT2D eigenvalue weighted by Crippen LogP contribution is 2.17. The van der Waals surface area contributed by atoms with Crippen LogP contribution in [0.1, 0.15) is 18.5 Å². The lowest BCUT2D eigenvalue weighted by Gasteiger charge is -2.28. The predicted molar refractivity (Wildman–Crippen MR) is 89.4 cm³/mol. The van der Waals surface area contributed by atoms with Crippen LogP contribution in [0.4, 0.5) is 4.79 Å². The maximum Gasteiger partial charge on any atom is 0.317 e. The third-order valence-electron chi connectivity index (χ3n) is 3.83. The van der Waals surface area contributed by atoms with Crippen molar-refractivity contribution in [3.63, 3.8) is 0 Å². The zero-order valence-corrected chi connectivity index (χ0v) is 13.4. The zero-order chi connectivity index (χ0) is 15.4. The van der Waals surface area contributed by atoms with E-state index in [0.717, 1.165) is 35.8 Å². The lowest BCUT2D eigenvalue weighted by atomic mass is 10.1. The number of imidazole rings is 1. The molecule has 22 heavy (non-hydrogen) atoms. The van der Waals surface area contributed by atoms with Gasteiger partial charge < -0.3 is 14.8 Å². The van der Waals surface area contributed by atoms with Crippen LogP contribution in [-0.2, 0) is 0 Å². The largest absolute Gasteiger partial charge is 0.331 e. The molecular weight excluding hydrogens is 296 g/mol. The van der Waals surface area contributed by atoms with E-state index in [9.17, 15) is 4.79 Å². The second kappa shape index (κ2) is 6.87. The van der Waals surface area contributed by atoms with Gasteiger partial charge in [-0.2, -0.15) is 11.8 Å². The van der Waals surface area contributed by atoms with E-state index in [1.165, 1.54) is 0 Å². The van der Waals surface area contributed by atoms with Crippen molar-refractivity contribution in [1.29, 1.82) is 0 Å². The number of carbonyl (C=O) groups excluding carboxylic acids is 1. The first-order valence-corrected chi connectivity index (χ1v) is 8.61. The van der Waals surface area contributed by atoms with Crippen molar-refractivity contribution < 1.29 is 4.79 Å². The summed E-state index contributed by atoms with van der Waals surface area (Å²) in [7, 11) is 0. The molecule has 0 saturated carbocycles. The van der Waals surface area contributed by atoms with Crippen LogP contribution in [0.15, 0.2) is 43.0 Å². The van der Waals surface area contributed by atoms with Gasteiger partial charge in [0.2, 0.25) is 0 Å². The third kappa shape index (κ3) is 3.44. The lowest BCUT2D eigenvalue weighted by molar-refractivity contribution is 0.200. The molecule has 1 N–H and O–H groups in total. The Hall–Kier alpha value is -1.95. The fraction of sp³-hybridized carbons (Fsp3) is 0.375. The molecule has 0 aliphatic carbocycles. The highest BCUT2D eigenvalue weighted by atomic mass is 32.2. The molecule has 6 heteroatoms. The van der Waals surface area contributed by atoms with Gasteiger partial charge in [-0.1, -0.05) is 12.1 Å². The predicted octanol–water partition coefficient (Wildman–Crippen LogP) is 2.69. The summed E-state index contributed by atoms with van der Waals surface area (Å²) in [6, 6.07) is 8.21. The molecule has 1 aromatic heterocycles. The minimum atomic E-state index is -0.00100. The number of aromatic nitrogens is 2. The Morgan fingerprint density at radius 2 is 2.00 bits per heavy atom. The molecular formula is C16H20N4OS. The maximum atomic E-state index is 12.2. The average molecular weight is 316 g/mol. The number of rotatable bonds is 3. The molecule has 5 nitrogen and oxygen atoms in total. The third-order valence-corrected chi connectivity index (χ3v) is 4.78. The summed E-state index contributed by atoms with van der Waals surface area (Å²) in [6.45, 7) is 3.69. The minimum absolute atomic E-state index is 0.00100. The second-order valence-electron chi connectivity index (χ2n) is 5.33. The van der Waals surface area contributed by atoms with Crippen molar-refractivity contribution in [3.8, 4) is 5.69 Å². The van der Waals surface area contributed by atoms with E-state index in [1.807, 2.05) is 58.6 Å². The molecule has 1 fully saturated rings. The van der Waals surface area contributed by atoms with Crippen molar-refractivity contribution in [3.05, 3.63) is 48.5 Å². The molecule has 2 aromatic rings. The Balaban J connectivity index is 1.62. The van der Waals surface area contributed by atoms with Crippen molar-refractivity contribution in [2.75, 3.05) is 24.6 Å². The van der Waals surface area contributed by atoms with Gasteiger partial charge in [0, 0.05) is 42.7 Å². The number of hydrogen-bond donors (Lipinski definition) is 1. The van der Waals surface area contributed by atoms with Crippen molar-refractivity contribution in [2.45, 2.75) is 13.0 Å². The number of hydrogen-bond acceptors (Lipinski definition) is 3. The van der Waals surface area contributed by atoms with Crippen LogP contribution in [0.5, 0.6) is 0 Å². The monoisotopic (exact) mass is 316 g/mol. The molecule has 1 aliphatic heterocycles. The van der Waals surface area contributed by atoms with Crippen LogP contribution in [0.25, 0.3) is 5.69 Å². The quantitative estimate of drug-likeness (QED) is 0.947. The Bertz CT molecular complexity index is 606. The molecule has 1 atom stereocenters. The molecule has 1 aliphatic rings. The lowest BCUT2D eigenvalue weighted by Crippen LogP contribution is -2.45. The van der Waals surface area contributed by atoms with Gasteiger partial charge in [0.05, 0.1) is 12.4 Å². The van der Waals surface area contributed by atoms with Gasteiger partial charge in [0.25, 0.3) is 0 Å². The second-order valence-corrected chi connectivity index (χ2v) is 6.56. The van der Waals surface area contributed by atoms with E-state index in [4.69, 9.17) is 0 Å². The molecule has 0 radical (unpaired) electrons. The van der Waals surface area contributed by atoms with Gasteiger partial charge >= 0.3 is 6.03 Å². The molecule has 0 spiro atoms. The van der Waals surface area contributed by atoms with E-state index < -0.39 is 0 Å². The number of amides is 2. The molecule has 1 saturated heterocycles. The normalized spacial score (nSPS) is 16.3. The van der Waals surface area contributed by atoms with Crippen LogP contribution in [0.2, 0.25) is 0 Å². The van der Waals surface area contributed by atoms with Crippen molar-refractivity contribution >= 4 is 17.8 Å². The van der Waals surface area contributed by atoms with Crippen molar-refractivity contribution in [1.82, 2.24) is 19.8 Å². The first-order valence-electron chi connectivity index (χ1n) is 7.45. The SMILES string of the molecule is CC(NC(=O)N1CCSCC1)c1ccc(-n2ccnc2)cc1. The highest BCUT2D eigenvalue weighted by Gasteiger charge is 2.18. The molecule has 0 bridgehead atoms. The molecule has 2 heterocycles. The first kappa shape index (κ1) is 15.0. The van der Waals surface area contributed by atoms with E-state index in [2.05, 4.69) is 10.3 Å². The topological polar surface area (TPSA) is 50.2 Å². The minimum Gasteiger partial charge on any atom is -0.331 e. The smallest absolute Gasteiger partial charge is 0.317 e. The van der Waals surface area contributed by atoms with Crippen LogP contribution in [-0.4, -0.2) is 45.1 Å².